The number of nitrogens with one attached hydrogen (secondary N) is 2. The Morgan fingerprint density at radius 3 is 2.43 bits per heavy atom. The summed E-state index contributed by atoms with van der Waals surface area (Å²) < 4.78 is 56.8. The van der Waals surface area contributed by atoms with Gasteiger partial charge in [-0.25, -0.2) is 27.3 Å². The second kappa shape index (κ2) is 8.07. The van der Waals surface area contributed by atoms with Gasteiger partial charge in [0.05, 0.1) is 5.02 Å². The van der Waals surface area contributed by atoms with Gasteiger partial charge in [-0.15, -0.1) is 0 Å². The molecule has 12 heteroatoms. The SMILES string of the molecule is NC(=O)N[C@@](c1cc(NC(=O)c2ncc(Cl)cc2F)ccc1F)(C(F)F)[C@H]1C[C@H]1N. The number of anilines is 1. The summed E-state index contributed by atoms with van der Waals surface area (Å²) in [4.78, 5) is 27.3. The van der Waals surface area contributed by atoms with Gasteiger partial charge in [0, 0.05) is 29.4 Å². The van der Waals surface area contributed by atoms with Gasteiger partial charge in [-0.1, -0.05) is 11.6 Å². The van der Waals surface area contributed by atoms with Crippen LogP contribution in [0.5, 0.6) is 0 Å². The third kappa shape index (κ3) is 4.03. The molecule has 1 fully saturated rings. The standard InChI is InChI=1S/C18H16ClF4N5O2/c19-7-3-12(21)14(26-6-7)15(29)27-8-1-2-11(20)9(4-8)18(16(22)23,28-17(25)30)10-5-13(10)24/h1-4,6,10,13,16H,5,24H2,(H,27,29)(H3,25,28,30)/t10-,13+,18+/m0/s1. The molecule has 30 heavy (non-hydrogen) atoms. The Hall–Kier alpha value is -2.92. The normalized spacial score (nSPS) is 19.8. The Bertz CT molecular complexity index is 1010. The van der Waals surface area contributed by atoms with E-state index in [1.165, 1.54) is 0 Å². The molecule has 1 saturated carbocycles. The molecule has 0 spiro atoms. The highest BCUT2D eigenvalue weighted by Crippen LogP contribution is 2.49. The number of urea groups is 1. The summed E-state index contributed by atoms with van der Waals surface area (Å²) >= 11 is 5.59. The van der Waals surface area contributed by atoms with Crippen LogP contribution in [0.15, 0.2) is 30.5 Å². The molecule has 6 N–H and O–H groups in total. The van der Waals surface area contributed by atoms with Crippen LogP contribution in [0.1, 0.15) is 22.5 Å². The van der Waals surface area contributed by atoms with Crippen LogP contribution in [0.25, 0.3) is 0 Å². The van der Waals surface area contributed by atoms with Crippen molar-refractivity contribution in [1.82, 2.24) is 10.3 Å². The van der Waals surface area contributed by atoms with Crippen LogP contribution in [0.2, 0.25) is 5.02 Å². The maximum Gasteiger partial charge on any atom is 0.313 e. The zero-order valence-electron chi connectivity index (χ0n) is 15.1. The molecule has 1 aliphatic rings. The highest BCUT2D eigenvalue weighted by molar-refractivity contribution is 6.30. The van der Waals surface area contributed by atoms with Gasteiger partial charge in [-0.2, -0.15) is 0 Å². The van der Waals surface area contributed by atoms with Crippen molar-refractivity contribution in [3.05, 3.63) is 58.4 Å². The number of rotatable bonds is 6. The number of primary amides is 1. The minimum Gasteiger partial charge on any atom is -0.352 e. The molecular formula is C18H16ClF4N5O2. The van der Waals surface area contributed by atoms with Crippen molar-refractivity contribution in [2.45, 2.75) is 24.4 Å². The number of amides is 3. The van der Waals surface area contributed by atoms with Gasteiger partial charge in [0.15, 0.2) is 11.5 Å². The van der Waals surface area contributed by atoms with Gasteiger partial charge in [0.2, 0.25) is 0 Å². The van der Waals surface area contributed by atoms with E-state index in [2.05, 4.69) is 10.3 Å². The lowest BCUT2D eigenvalue weighted by atomic mass is 9.84. The van der Waals surface area contributed by atoms with E-state index in [9.17, 15) is 27.2 Å². The fourth-order valence-electron chi connectivity index (χ4n) is 3.33. The molecule has 1 aliphatic carbocycles. The van der Waals surface area contributed by atoms with Crippen LogP contribution < -0.4 is 22.1 Å². The van der Waals surface area contributed by atoms with Gasteiger partial charge in [0.25, 0.3) is 12.3 Å². The first-order valence-electron chi connectivity index (χ1n) is 8.60. The largest absolute Gasteiger partial charge is 0.352 e. The van der Waals surface area contributed by atoms with Crippen molar-refractivity contribution in [1.29, 1.82) is 0 Å². The fraction of sp³-hybridized carbons (Fsp3) is 0.278. The number of benzene rings is 1. The van der Waals surface area contributed by atoms with Gasteiger partial charge in [0.1, 0.15) is 11.4 Å². The molecule has 3 atom stereocenters. The van der Waals surface area contributed by atoms with Crippen molar-refractivity contribution in [3.8, 4) is 0 Å². The van der Waals surface area contributed by atoms with Crippen molar-refractivity contribution >= 4 is 29.2 Å². The predicted octanol–water partition coefficient (Wildman–Crippen LogP) is 2.74. The van der Waals surface area contributed by atoms with Crippen LogP contribution in [-0.4, -0.2) is 29.4 Å². The van der Waals surface area contributed by atoms with Crippen LogP contribution >= 0.6 is 11.6 Å². The second-order valence-corrected chi connectivity index (χ2v) is 7.23. The number of aromatic nitrogens is 1. The molecule has 0 unspecified atom stereocenters. The summed E-state index contributed by atoms with van der Waals surface area (Å²) in [6.07, 6.45) is -2.12. The summed E-state index contributed by atoms with van der Waals surface area (Å²) in [5.74, 6) is -4.09. The number of carbonyl (C=O) groups excluding carboxylic acids is 2. The average molecular weight is 446 g/mol. The lowest BCUT2D eigenvalue weighted by molar-refractivity contribution is 0.0171. The van der Waals surface area contributed by atoms with E-state index in [4.69, 9.17) is 23.1 Å². The first kappa shape index (κ1) is 21.8. The molecule has 7 nitrogen and oxygen atoms in total. The summed E-state index contributed by atoms with van der Waals surface area (Å²) in [6, 6.07) is 1.68. The Morgan fingerprint density at radius 1 is 1.23 bits per heavy atom. The molecule has 1 heterocycles. The van der Waals surface area contributed by atoms with Crippen molar-refractivity contribution in [2.24, 2.45) is 17.4 Å². The van der Waals surface area contributed by atoms with Gasteiger partial charge < -0.3 is 22.1 Å². The highest BCUT2D eigenvalue weighted by Gasteiger charge is 2.59. The number of halogens is 5. The molecule has 0 radical (unpaired) electrons. The first-order chi connectivity index (χ1) is 14.1. The average Bonchev–Trinajstić information content (AvgIpc) is 3.38. The number of hydrogen-bond acceptors (Lipinski definition) is 4. The van der Waals surface area contributed by atoms with Crippen molar-refractivity contribution < 1.29 is 27.2 Å². The molecule has 0 bridgehead atoms. The molecule has 3 amide bonds. The molecule has 160 valence electrons. The first-order valence-corrected chi connectivity index (χ1v) is 8.97. The minimum atomic E-state index is -3.26. The maximum atomic E-state index is 14.6. The predicted molar refractivity (Wildman–Crippen MR) is 100 cm³/mol. The summed E-state index contributed by atoms with van der Waals surface area (Å²) in [7, 11) is 0. The highest BCUT2D eigenvalue weighted by atomic mass is 35.5. The Labute approximate surface area is 172 Å². The van der Waals surface area contributed by atoms with E-state index in [0.717, 1.165) is 30.5 Å². The fourth-order valence-corrected chi connectivity index (χ4v) is 3.47. The Kier molecular flexibility index (Phi) is 5.86. The van der Waals surface area contributed by atoms with Gasteiger partial charge in [-0.05, 0) is 30.7 Å². The smallest absolute Gasteiger partial charge is 0.313 e. The topological polar surface area (TPSA) is 123 Å². The van der Waals surface area contributed by atoms with E-state index in [1.807, 2.05) is 5.32 Å². The molecule has 0 aliphatic heterocycles. The van der Waals surface area contributed by atoms with Crippen LogP contribution in [0.4, 0.5) is 28.0 Å². The summed E-state index contributed by atoms with van der Waals surface area (Å²) in [5.41, 5.74) is 6.90. The molecule has 3 rings (SSSR count). The Morgan fingerprint density at radius 2 is 1.90 bits per heavy atom. The number of alkyl halides is 2. The quantitative estimate of drug-likeness (QED) is 0.510. The van der Waals surface area contributed by atoms with Crippen LogP contribution in [-0.2, 0) is 5.54 Å². The lowest BCUT2D eigenvalue weighted by Crippen LogP contribution is -2.56. The molecule has 0 saturated heterocycles. The number of nitrogens with zero attached hydrogens (tertiary/aromatic N) is 1. The lowest BCUT2D eigenvalue weighted by Gasteiger charge is -2.35. The van der Waals surface area contributed by atoms with Crippen molar-refractivity contribution in [2.75, 3.05) is 5.32 Å². The van der Waals surface area contributed by atoms with Crippen LogP contribution in [0, 0.1) is 17.6 Å². The van der Waals surface area contributed by atoms with Gasteiger partial charge >= 0.3 is 6.03 Å². The number of carbonyl (C=O) groups is 2. The number of hydrogen-bond donors (Lipinski definition) is 4. The van der Waals surface area contributed by atoms with E-state index < -0.39 is 58.8 Å². The third-order valence-corrected chi connectivity index (χ3v) is 5.00. The van der Waals surface area contributed by atoms with Crippen LogP contribution in [0.3, 0.4) is 0 Å². The van der Waals surface area contributed by atoms with Crippen molar-refractivity contribution in [3.63, 3.8) is 0 Å². The zero-order valence-corrected chi connectivity index (χ0v) is 15.9. The molecule has 1 aromatic carbocycles. The second-order valence-electron chi connectivity index (χ2n) is 6.80. The maximum absolute atomic E-state index is 14.6. The Balaban J connectivity index is 2.01. The monoisotopic (exact) mass is 445 g/mol. The molecular weight excluding hydrogens is 430 g/mol. The van der Waals surface area contributed by atoms with E-state index in [1.54, 1.807) is 0 Å². The third-order valence-electron chi connectivity index (χ3n) is 4.79. The van der Waals surface area contributed by atoms with E-state index in [0.29, 0.717) is 0 Å². The molecule has 2 aromatic rings. The van der Waals surface area contributed by atoms with Gasteiger partial charge in [-0.3, -0.25) is 4.79 Å². The molecule has 1 aromatic heterocycles. The van der Waals surface area contributed by atoms with E-state index >= 15 is 0 Å². The van der Waals surface area contributed by atoms with E-state index in [-0.39, 0.29) is 17.1 Å². The zero-order chi connectivity index (χ0) is 22.2. The summed E-state index contributed by atoms with van der Waals surface area (Å²) in [5, 5.41) is 4.15. The minimum absolute atomic E-state index is 0.0341. The summed E-state index contributed by atoms with van der Waals surface area (Å²) in [6.45, 7) is 0. The number of pyridine rings is 1. The number of nitrogens with two attached hydrogens (primary N) is 2.